The maximum atomic E-state index is 13.7. The molecule has 4 N–H and O–H groups in total. The number of aromatic nitrogens is 2. The van der Waals surface area contributed by atoms with E-state index in [1.807, 2.05) is 44.2 Å². The molecule has 1 aliphatic rings. The molecule has 1 heterocycles. The zero-order valence-corrected chi connectivity index (χ0v) is 25.5. The van der Waals surface area contributed by atoms with Crippen LogP contribution in [0.25, 0.3) is 11.3 Å². The molecule has 11 nitrogen and oxygen atoms in total. The first kappa shape index (κ1) is 32.0. The molecule has 1 aliphatic carbocycles. The molecule has 3 atom stereocenters. The van der Waals surface area contributed by atoms with Gasteiger partial charge in [0.25, 0.3) is 0 Å². The first-order valence-corrected chi connectivity index (χ1v) is 14.9. The number of anilines is 1. The molecule has 0 saturated heterocycles. The molecule has 12 heteroatoms. The van der Waals surface area contributed by atoms with E-state index in [0.717, 1.165) is 49.2 Å². The predicted molar refractivity (Wildman–Crippen MR) is 158 cm³/mol. The fourth-order valence-electron chi connectivity index (χ4n) is 4.72. The Labute approximate surface area is 245 Å². The molecule has 3 rings (SSSR count). The van der Waals surface area contributed by atoms with Gasteiger partial charge in [0, 0.05) is 17.1 Å². The average molecular weight is 587 g/mol. The number of hydrogen-bond donors (Lipinski definition) is 4. The van der Waals surface area contributed by atoms with Crippen molar-refractivity contribution >= 4 is 40.3 Å². The zero-order valence-electron chi connectivity index (χ0n) is 24.7. The van der Waals surface area contributed by atoms with Crippen LogP contribution < -0.4 is 21.3 Å². The number of hydrogen-bond acceptors (Lipinski definition) is 8. The summed E-state index contributed by atoms with van der Waals surface area (Å²) < 4.78 is 9.25. The molecule has 1 aromatic carbocycles. The number of nitrogens with one attached hydrogen (secondary N) is 4. The van der Waals surface area contributed by atoms with E-state index in [-0.39, 0.29) is 11.8 Å². The van der Waals surface area contributed by atoms with Crippen LogP contribution in [0.15, 0.2) is 30.3 Å². The van der Waals surface area contributed by atoms with Crippen LogP contribution in [-0.4, -0.2) is 57.1 Å². The van der Waals surface area contributed by atoms with Crippen LogP contribution >= 0.6 is 11.5 Å². The molecule has 2 aromatic rings. The zero-order chi connectivity index (χ0) is 30.2. The highest BCUT2D eigenvalue weighted by molar-refractivity contribution is 7.10. The molecule has 0 unspecified atom stereocenters. The second-order valence-corrected chi connectivity index (χ2v) is 12.5. The molecule has 4 amide bonds. The third-order valence-corrected chi connectivity index (χ3v) is 7.49. The van der Waals surface area contributed by atoms with Crippen molar-refractivity contribution in [2.24, 2.45) is 11.8 Å². The van der Waals surface area contributed by atoms with Gasteiger partial charge in [0.15, 0.2) is 0 Å². The lowest BCUT2D eigenvalue weighted by atomic mass is 9.83. The smallest absolute Gasteiger partial charge is 0.408 e. The third kappa shape index (κ3) is 9.51. The van der Waals surface area contributed by atoms with Gasteiger partial charge in [-0.25, -0.2) is 4.79 Å². The maximum absolute atomic E-state index is 13.7. The Balaban J connectivity index is 1.72. The van der Waals surface area contributed by atoms with E-state index < -0.39 is 47.5 Å². The summed E-state index contributed by atoms with van der Waals surface area (Å²) in [5, 5.41) is 15.8. The minimum absolute atomic E-state index is 0.0901. The second kappa shape index (κ2) is 14.4. The predicted octanol–water partition coefficient (Wildman–Crippen LogP) is 4.26. The van der Waals surface area contributed by atoms with Gasteiger partial charge in [-0.2, -0.15) is 0 Å². The maximum Gasteiger partial charge on any atom is 0.408 e. The van der Waals surface area contributed by atoms with Crippen molar-refractivity contribution in [2.75, 3.05) is 5.32 Å². The fourth-order valence-corrected chi connectivity index (χ4v) is 5.31. The molecule has 0 spiro atoms. The fraction of sp³-hybridized carbons (Fsp3) is 0.586. The third-order valence-electron chi connectivity index (χ3n) is 6.85. The van der Waals surface area contributed by atoms with E-state index in [4.69, 9.17) is 4.74 Å². The van der Waals surface area contributed by atoms with Gasteiger partial charge in [-0.3, -0.25) is 14.4 Å². The summed E-state index contributed by atoms with van der Waals surface area (Å²) in [4.78, 5) is 52.4. The molecular weight excluding hydrogens is 544 g/mol. The number of carbonyl (C=O) groups is 4. The van der Waals surface area contributed by atoms with E-state index in [9.17, 15) is 19.2 Å². The van der Waals surface area contributed by atoms with Crippen molar-refractivity contribution < 1.29 is 23.9 Å². The van der Waals surface area contributed by atoms with Crippen LogP contribution in [0.2, 0.25) is 0 Å². The standard InChI is InChI=1S/C29H42N6O5S/c1-17(2)21(25(37)33-27-23(34-35-41-27)20-15-11-8-12-16-20)31-26(38)22(19-13-9-7-10-14-19)32-24(36)18(3)30-28(39)40-29(4,5)6/h8,11-12,15-19,21-22H,7,9-10,13-14H2,1-6H3,(H,30,39)(H,31,38)(H,32,36)(H,33,37)/t18-,21-,22-/m0/s1. The minimum Gasteiger partial charge on any atom is -0.444 e. The van der Waals surface area contributed by atoms with Crippen molar-refractivity contribution in [1.29, 1.82) is 0 Å². The summed E-state index contributed by atoms with van der Waals surface area (Å²) in [6, 6.07) is 6.75. The summed E-state index contributed by atoms with van der Waals surface area (Å²) in [7, 11) is 0. The van der Waals surface area contributed by atoms with Crippen LogP contribution in [0, 0.1) is 11.8 Å². The number of rotatable bonds is 10. The molecule has 41 heavy (non-hydrogen) atoms. The number of benzene rings is 1. The molecule has 0 aliphatic heterocycles. The summed E-state index contributed by atoms with van der Waals surface area (Å²) >= 11 is 1.06. The summed E-state index contributed by atoms with van der Waals surface area (Å²) in [5.41, 5.74) is 0.654. The van der Waals surface area contributed by atoms with E-state index in [1.54, 1.807) is 20.8 Å². The molecule has 1 aromatic heterocycles. The van der Waals surface area contributed by atoms with Gasteiger partial charge < -0.3 is 26.0 Å². The van der Waals surface area contributed by atoms with Crippen molar-refractivity contribution in [2.45, 2.75) is 97.4 Å². The second-order valence-electron chi connectivity index (χ2n) is 11.8. The Bertz CT molecular complexity index is 1190. The summed E-state index contributed by atoms with van der Waals surface area (Å²) in [6.45, 7) is 10.4. The lowest BCUT2D eigenvalue weighted by Crippen LogP contribution is -2.59. The van der Waals surface area contributed by atoms with Crippen LogP contribution in [0.1, 0.15) is 73.6 Å². The van der Waals surface area contributed by atoms with Gasteiger partial charge in [-0.15, -0.1) is 5.10 Å². The Morgan fingerprint density at radius 3 is 2.17 bits per heavy atom. The first-order valence-electron chi connectivity index (χ1n) is 14.1. The minimum atomic E-state index is -0.928. The van der Waals surface area contributed by atoms with E-state index in [1.165, 1.54) is 6.92 Å². The van der Waals surface area contributed by atoms with Crippen LogP contribution in [0.4, 0.5) is 9.80 Å². The Hall–Kier alpha value is -3.54. The normalized spacial score (nSPS) is 16.3. The highest BCUT2D eigenvalue weighted by Crippen LogP contribution is 2.29. The van der Waals surface area contributed by atoms with Gasteiger partial charge in [-0.1, -0.05) is 67.9 Å². The van der Waals surface area contributed by atoms with Gasteiger partial charge in [0.1, 0.15) is 34.4 Å². The van der Waals surface area contributed by atoms with Crippen molar-refractivity contribution in [3.63, 3.8) is 0 Å². The highest BCUT2D eigenvalue weighted by Gasteiger charge is 2.35. The number of alkyl carbamates (subject to hydrolysis) is 1. The Kier molecular flexibility index (Phi) is 11.2. The largest absolute Gasteiger partial charge is 0.444 e. The van der Waals surface area contributed by atoms with Gasteiger partial charge in [0.2, 0.25) is 17.7 Å². The number of ether oxygens (including phenoxy) is 1. The lowest BCUT2D eigenvalue weighted by molar-refractivity contribution is -0.133. The van der Waals surface area contributed by atoms with Crippen LogP contribution in [-0.2, 0) is 19.1 Å². The van der Waals surface area contributed by atoms with E-state index >= 15 is 0 Å². The monoisotopic (exact) mass is 586 g/mol. The number of carbonyl (C=O) groups excluding carboxylic acids is 4. The van der Waals surface area contributed by atoms with Gasteiger partial charge >= 0.3 is 6.09 Å². The first-order chi connectivity index (χ1) is 19.4. The van der Waals surface area contributed by atoms with E-state index in [2.05, 4.69) is 30.9 Å². The molecule has 0 bridgehead atoms. The SMILES string of the molecule is CC(C)[C@H](NC(=O)[C@@H](NC(=O)[C@H](C)NC(=O)OC(C)(C)C)C1CCCCC1)C(=O)Nc1snnc1-c1ccccc1. The van der Waals surface area contributed by atoms with Crippen molar-refractivity contribution in [3.05, 3.63) is 30.3 Å². The summed E-state index contributed by atoms with van der Waals surface area (Å²) in [5.74, 6) is -1.67. The quantitative estimate of drug-likeness (QED) is 0.325. The van der Waals surface area contributed by atoms with Crippen molar-refractivity contribution in [3.8, 4) is 11.3 Å². The Morgan fingerprint density at radius 2 is 1.56 bits per heavy atom. The van der Waals surface area contributed by atoms with Crippen LogP contribution in [0.5, 0.6) is 0 Å². The number of amides is 4. The highest BCUT2D eigenvalue weighted by atomic mass is 32.1. The Morgan fingerprint density at radius 1 is 0.902 bits per heavy atom. The van der Waals surface area contributed by atoms with Gasteiger partial charge in [0.05, 0.1) is 0 Å². The van der Waals surface area contributed by atoms with Gasteiger partial charge in [-0.05, 0) is 52.4 Å². The lowest BCUT2D eigenvalue weighted by Gasteiger charge is -2.32. The molecule has 0 radical (unpaired) electrons. The average Bonchev–Trinajstić information content (AvgIpc) is 3.37. The molecule has 1 fully saturated rings. The summed E-state index contributed by atoms with van der Waals surface area (Å²) in [6.07, 6.45) is 3.80. The topological polar surface area (TPSA) is 151 Å². The molecule has 1 saturated carbocycles. The van der Waals surface area contributed by atoms with E-state index in [0.29, 0.717) is 10.7 Å². The van der Waals surface area contributed by atoms with Crippen LogP contribution in [0.3, 0.4) is 0 Å². The number of nitrogens with zero attached hydrogens (tertiary/aromatic N) is 2. The van der Waals surface area contributed by atoms with Crippen molar-refractivity contribution in [1.82, 2.24) is 25.5 Å². The molecular formula is C29H42N6O5S. The molecule has 224 valence electrons.